The Bertz CT molecular complexity index is 976. The molecular weight excluding hydrogens is 416 g/mol. The predicted octanol–water partition coefficient (Wildman–Crippen LogP) is 3.49. The van der Waals surface area contributed by atoms with Crippen molar-refractivity contribution in [3.05, 3.63) is 63.9 Å². The van der Waals surface area contributed by atoms with Crippen molar-refractivity contribution < 1.29 is 28.7 Å². The number of benzene rings is 1. The number of esters is 2. The Hall–Kier alpha value is -3.33. The number of non-ortho nitro benzene ring substituents is 1. The molecule has 3 atom stereocenters. The fraction of sp³-hybridized carbons (Fsp3) is 0.435. The normalized spacial score (nSPS) is 22.8. The summed E-state index contributed by atoms with van der Waals surface area (Å²) >= 11 is 0. The molecular formula is C23H26N2O7. The van der Waals surface area contributed by atoms with Crippen molar-refractivity contribution in [1.82, 2.24) is 0 Å². The lowest BCUT2D eigenvalue weighted by molar-refractivity contribution is -0.384. The molecule has 32 heavy (non-hydrogen) atoms. The average Bonchev–Trinajstić information content (AvgIpc) is 3.29. The lowest BCUT2D eigenvalue weighted by Gasteiger charge is -2.31. The number of nitrogens with zero attached hydrogens (tertiary/aromatic N) is 2. The highest BCUT2D eigenvalue weighted by molar-refractivity contribution is 6.07. The Morgan fingerprint density at radius 3 is 2.78 bits per heavy atom. The Kier molecular flexibility index (Phi) is 7.53. The highest BCUT2D eigenvalue weighted by atomic mass is 16.6. The third kappa shape index (κ3) is 5.11. The van der Waals surface area contributed by atoms with E-state index in [0.29, 0.717) is 23.6 Å². The lowest BCUT2D eigenvalue weighted by Crippen LogP contribution is -2.37. The van der Waals surface area contributed by atoms with E-state index in [4.69, 9.17) is 14.2 Å². The lowest BCUT2D eigenvalue weighted by atomic mass is 9.75. The molecule has 9 nitrogen and oxygen atoms in total. The van der Waals surface area contributed by atoms with E-state index in [1.165, 1.54) is 24.3 Å². The smallest absolute Gasteiger partial charge is 0.336 e. The van der Waals surface area contributed by atoms with Crippen LogP contribution in [0.25, 0.3) is 0 Å². The zero-order valence-corrected chi connectivity index (χ0v) is 18.1. The molecule has 1 fully saturated rings. The van der Waals surface area contributed by atoms with Gasteiger partial charge in [0.25, 0.3) is 5.69 Å². The summed E-state index contributed by atoms with van der Waals surface area (Å²) in [7, 11) is 0. The van der Waals surface area contributed by atoms with Crippen LogP contribution in [-0.4, -0.2) is 48.5 Å². The molecule has 1 saturated heterocycles. The Morgan fingerprint density at radius 1 is 1.34 bits per heavy atom. The van der Waals surface area contributed by atoms with Gasteiger partial charge in [0, 0.05) is 36.1 Å². The molecule has 2 heterocycles. The Morgan fingerprint density at radius 2 is 2.12 bits per heavy atom. The van der Waals surface area contributed by atoms with Gasteiger partial charge in [0.2, 0.25) is 0 Å². The summed E-state index contributed by atoms with van der Waals surface area (Å²) < 4.78 is 16.3. The molecule has 0 N–H and O–H groups in total. The standard InChI is InChI=1S/C23H26N2O7/c1-4-10-31-22(26)19-14(2)24-15(3)20(23(27)32-13-18-9-6-11-30-18)21(19)16-7-5-8-17(12-16)25(28)29/h4-5,7-8,12,18-19,21H,1,6,9-11,13H2,2-3H3/t18-,19?,21+/m1/s1. The maximum absolute atomic E-state index is 13.1. The number of ether oxygens (including phenoxy) is 3. The molecule has 3 rings (SSSR count). The number of hydrogen-bond donors (Lipinski definition) is 0. The molecule has 0 bridgehead atoms. The van der Waals surface area contributed by atoms with Crippen LogP contribution in [0, 0.1) is 16.0 Å². The zero-order chi connectivity index (χ0) is 23.3. The van der Waals surface area contributed by atoms with E-state index >= 15 is 0 Å². The highest BCUT2D eigenvalue weighted by Gasteiger charge is 2.43. The second kappa shape index (κ2) is 10.3. The molecule has 0 aromatic heterocycles. The minimum Gasteiger partial charge on any atom is -0.461 e. The van der Waals surface area contributed by atoms with Crippen LogP contribution < -0.4 is 0 Å². The number of aliphatic imine (C=N–C) groups is 1. The SMILES string of the molecule is C=CCOC(=O)C1C(C)=NC(C)=C(C(=O)OC[C@H]2CCCO2)[C@H]1c1cccc([N+](=O)[O-])c1. The van der Waals surface area contributed by atoms with Crippen LogP contribution in [0.1, 0.15) is 38.2 Å². The third-order valence-corrected chi connectivity index (χ3v) is 5.51. The van der Waals surface area contributed by atoms with Crippen molar-refractivity contribution in [2.75, 3.05) is 19.8 Å². The first kappa shape index (κ1) is 23.3. The highest BCUT2D eigenvalue weighted by Crippen LogP contribution is 2.41. The van der Waals surface area contributed by atoms with Gasteiger partial charge in [-0.2, -0.15) is 0 Å². The molecule has 0 aliphatic carbocycles. The monoisotopic (exact) mass is 442 g/mol. The third-order valence-electron chi connectivity index (χ3n) is 5.51. The van der Waals surface area contributed by atoms with E-state index in [1.807, 2.05) is 0 Å². The first-order chi connectivity index (χ1) is 15.3. The molecule has 0 radical (unpaired) electrons. The summed E-state index contributed by atoms with van der Waals surface area (Å²) in [6, 6.07) is 5.87. The van der Waals surface area contributed by atoms with Crippen molar-refractivity contribution in [2.24, 2.45) is 10.9 Å². The number of nitro benzene ring substituents is 1. The summed E-state index contributed by atoms with van der Waals surface area (Å²) in [5.41, 5.74) is 1.30. The second-order valence-corrected chi connectivity index (χ2v) is 7.71. The molecule has 0 saturated carbocycles. The van der Waals surface area contributed by atoms with Gasteiger partial charge in [-0.1, -0.05) is 24.8 Å². The average molecular weight is 442 g/mol. The predicted molar refractivity (Wildman–Crippen MR) is 116 cm³/mol. The molecule has 2 aliphatic heterocycles. The van der Waals surface area contributed by atoms with Crippen LogP contribution >= 0.6 is 0 Å². The molecule has 0 amide bonds. The maximum atomic E-state index is 13.1. The maximum Gasteiger partial charge on any atom is 0.336 e. The first-order valence-electron chi connectivity index (χ1n) is 10.4. The van der Waals surface area contributed by atoms with E-state index in [1.54, 1.807) is 19.9 Å². The van der Waals surface area contributed by atoms with Gasteiger partial charge in [-0.25, -0.2) is 4.79 Å². The number of hydrogen-bond acceptors (Lipinski definition) is 8. The molecule has 1 unspecified atom stereocenters. The molecule has 2 aliphatic rings. The van der Waals surface area contributed by atoms with Crippen LogP contribution in [0.15, 0.2) is 53.2 Å². The largest absolute Gasteiger partial charge is 0.461 e. The van der Waals surface area contributed by atoms with E-state index in [2.05, 4.69) is 11.6 Å². The number of allylic oxidation sites excluding steroid dienone is 1. The quantitative estimate of drug-likeness (QED) is 0.262. The van der Waals surface area contributed by atoms with Gasteiger partial charge in [0.15, 0.2) is 0 Å². The minimum atomic E-state index is -0.939. The minimum absolute atomic E-state index is 0.00817. The van der Waals surface area contributed by atoms with Crippen molar-refractivity contribution in [1.29, 1.82) is 0 Å². The van der Waals surface area contributed by atoms with Crippen molar-refractivity contribution in [3.63, 3.8) is 0 Å². The summed E-state index contributed by atoms with van der Waals surface area (Å²) in [6.07, 6.45) is 2.97. The van der Waals surface area contributed by atoms with Gasteiger partial charge in [-0.05, 0) is 32.3 Å². The number of rotatable bonds is 8. The van der Waals surface area contributed by atoms with Crippen LogP contribution in [-0.2, 0) is 23.8 Å². The van der Waals surface area contributed by atoms with Gasteiger partial charge in [-0.3, -0.25) is 19.9 Å². The van der Waals surface area contributed by atoms with E-state index in [-0.39, 0.29) is 30.6 Å². The van der Waals surface area contributed by atoms with E-state index in [9.17, 15) is 19.7 Å². The summed E-state index contributed by atoms with van der Waals surface area (Å²) in [5.74, 6) is -3.01. The van der Waals surface area contributed by atoms with Gasteiger partial charge in [0.1, 0.15) is 19.1 Å². The zero-order valence-electron chi connectivity index (χ0n) is 18.1. The molecule has 0 spiro atoms. The Labute approximate surface area is 185 Å². The van der Waals surface area contributed by atoms with Crippen molar-refractivity contribution in [2.45, 2.75) is 38.7 Å². The fourth-order valence-electron chi connectivity index (χ4n) is 4.05. The molecule has 1 aromatic carbocycles. The van der Waals surface area contributed by atoms with E-state index in [0.717, 1.165) is 12.8 Å². The van der Waals surface area contributed by atoms with Gasteiger partial charge in [-0.15, -0.1) is 0 Å². The van der Waals surface area contributed by atoms with Crippen molar-refractivity contribution in [3.8, 4) is 0 Å². The van der Waals surface area contributed by atoms with Crippen LogP contribution in [0.5, 0.6) is 0 Å². The van der Waals surface area contributed by atoms with Crippen molar-refractivity contribution >= 4 is 23.3 Å². The first-order valence-corrected chi connectivity index (χ1v) is 10.4. The van der Waals surface area contributed by atoms with Gasteiger partial charge >= 0.3 is 11.9 Å². The summed E-state index contributed by atoms with van der Waals surface area (Å²) in [4.78, 5) is 41.3. The molecule has 9 heteroatoms. The Balaban J connectivity index is 2.01. The molecule has 1 aromatic rings. The fourth-order valence-corrected chi connectivity index (χ4v) is 4.05. The summed E-state index contributed by atoms with van der Waals surface area (Å²) in [6.45, 7) is 7.57. The van der Waals surface area contributed by atoms with E-state index < -0.39 is 28.7 Å². The second-order valence-electron chi connectivity index (χ2n) is 7.71. The number of carbonyl (C=O) groups is 2. The van der Waals surface area contributed by atoms with Gasteiger partial charge < -0.3 is 14.2 Å². The number of nitro groups is 1. The topological polar surface area (TPSA) is 117 Å². The van der Waals surface area contributed by atoms with Crippen LogP contribution in [0.2, 0.25) is 0 Å². The van der Waals surface area contributed by atoms with Crippen LogP contribution in [0.4, 0.5) is 5.69 Å². The van der Waals surface area contributed by atoms with Crippen LogP contribution in [0.3, 0.4) is 0 Å². The van der Waals surface area contributed by atoms with Gasteiger partial charge in [0.05, 0.1) is 16.6 Å². The molecule has 170 valence electrons. The summed E-state index contributed by atoms with van der Waals surface area (Å²) in [5, 5.41) is 11.3. The number of carbonyl (C=O) groups excluding carboxylic acids is 2.